The molecule has 1 saturated heterocycles. The third-order valence-corrected chi connectivity index (χ3v) is 9.77. The fourth-order valence-corrected chi connectivity index (χ4v) is 7.02. The van der Waals surface area contributed by atoms with Crippen molar-refractivity contribution < 1.29 is 32.2 Å². The molecular formula is C36H34F3N3O4S. The van der Waals surface area contributed by atoms with Crippen molar-refractivity contribution in [2.75, 3.05) is 13.4 Å². The molecule has 1 aliphatic heterocycles. The lowest BCUT2D eigenvalue weighted by atomic mass is 9.70. The van der Waals surface area contributed by atoms with Crippen molar-refractivity contribution in [3.05, 3.63) is 94.3 Å². The monoisotopic (exact) mass is 661 g/mol. The van der Waals surface area contributed by atoms with Gasteiger partial charge in [-0.25, -0.2) is 9.78 Å². The van der Waals surface area contributed by atoms with E-state index in [-0.39, 0.29) is 12.3 Å². The number of ketones is 1. The van der Waals surface area contributed by atoms with E-state index in [1.165, 1.54) is 18.7 Å². The van der Waals surface area contributed by atoms with E-state index in [1.807, 2.05) is 43.5 Å². The van der Waals surface area contributed by atoms with Gasteiger partial charge in [0.25, 0.3) is 0 Å². The van der Waals surface area contributed by atoms with Gasteiger partial charge in [0.15, 0.2) is 11.9 Å². The van der Waals surface area contributed by atoms with Crippen LogP contribution in [0.2, 0.25) is 0 Å². The second-order valence-corrected chi connectivity index (χ2v) is 13.0. The van der Waals surface area contributed by atoms with Gasteiger partial charge in [-0.2, -0.15) is 13.2 Å². The van der Waals surface area contributed by atoms with Crippen molar-refractivity contribution in [2.24, 2.45) is 0 Å². The Morgan fingerprint density at radius 3 is 2.47 bits per heavy atom. The first-order chi connectivity index (χ1) is 22.3. The topological polar surface area (TPSA) is 81.6 Å². The number of carbonyl (C=O) groups excluding carboxylic acids is 2. The Bertz CT molecular complexity index is 1890. The summed E-state index contributed by atoms with van der Waals surface area (Å²) < 4.78 is 52.9. The van der Waals surface area contributed by atoms with E-state index in [1.54, 1.807) is 37.3 Å². The molecule has 1 aliphatic carbocycles. The predicted octanol–water partition coefficient (Wildman–Crippen LogP) is 9.00. The van der Waals surface area contributed by atoms with E-state index >= 15 is 0 Å². The highest BCUT2D eigenvalue weighted by molar-refractivity contribution is 7.98. The number of carbonyl (C=O) groups is 2. The first kappa shape index (κ1) is 32.6. The van der Waals surface area contributed by atoms with Crippen molar-refractivity contribution in [1.82, 2.24) is 14.9 Å². The fourth-order valence-electron chi connectivity index (χ4n) is 6.66. The van der Waals surface area contributed by atoms with E-state index in [0.717, 1.165) is 35.2 Å². The highest BCUT2D eigenvalue weighted by Crippen LogP contribution is 2.54. The van der Waals surface area contributed by atoms with E-state index < -0.39 is 29.5 Å². The average molecular weight is 662 g/mol. The lowest BCUT2D eigenvalue weighted by molar-refractivity contribution is -0.137. The molecule has 2 heterocycles. The number of hydrogen-bond donors (Lipinski definition) is 0. The zero-order chi connectivity index (χ0) is 33.7. The molecule has 0 radical (unpaired) electrons. The standard InChI is InChI=1S/C36H34F3N3O4S/c1-20-13-25(16-26(14-20)36(37,38)39)33-35(11-6-12-35)42(34(44)46-33)19-29-32(40-18-31(41-29)47-5)28-17-24(8-10-30(28)45-4)27-9-7-23(22(3)43)15-21(27)2/h7-10,13-18,33H,6,11-12,19H2,1-5H3/t33-/m1/s1. The third kappa shape index (κ3) is 5.97. The van der Waals surface area contributed by atoms with Crippen LogP contribution in [0.4, 0.5) is 18.0 Å². The van der Waals surface area contributed by atoms with Gasteiger partial charge >= 0.3 is 12.3 Å². The van der Waals surface area contributed by atoms with Crippen LogP contribution in [0.25, 0.3) is 22.4 Å². The number of thioether (sulfide) groups is 1. The van der Waals surface area contributed by atoms with Crippen molar-refractivity contribution in [3.8, 4) is 28.1 Å². The van der Waals surface area contributed by atoms with Gasteiger partial charge in [0, 0.05) is 11.1 Å². The number of benzene rings is 3. The second kappa shape index (κ2) is 12.3. The molecule has 1 amide bonds. The molecule has 1 spiro atoms. The van der Waals surface area contributed by atoms with Crippen LogP contribution in [-0.4, -0.2) is 45.6 Å². The number of aryl methyl sites for hydroxylation is 2. The minimum absolute atomic E-state index is 0.0148. The van der Waals surface area contributed by atoms with E-state index in [0.29, 0.717) is 57.3 Å². The van der Waals surface area contributed by atoms with Gasteiger partial charge in [0.2, 0.25) is 0 Å². The minimum atomic E-state index is -4.53. The molecule has 6 rings (SSSR count). The Morgan fingerprint density at radius 1 is 1.09 bits per heavy atom. The van der Waals surface area contributed by atoms with Crippen molar-refractivity contribution >= 4 is 23.6 Å². The fraction of sp³-hybridized carbons (Fsp3) is 0.333. The lowest BCUT2D eigenvalue weighted by Gasteiger charge is -2.46. The SMILES string of the molecule is COc1ccc(-c2ccc(C(C)=O)cc2C)cc1-c1ncc(SC)nc1CN1C(=O)O[C@H](c2cc(C)cc(C(F)(F)F)c2)C12CCC2. The highest BCUT2D eigenvalue weighted by atomic mass is 32.2. The van der Waals surface area contributed by atoms with E-state index in [9.17, 15) is 22.8 Å². The number of nitrogens with zero attached hydrogens (tertiary/aromatic N) is 3. The van der Waals surface area contributed by atoms with Crippen LogP contribution in [-0.2, 0) is 17.5 Å². The second-order valence-electron chi connectivity index (χ2n) is 12.1. The van der Waals surface area contributed by atoms with Gasteiger partial charge in [-0.3, -0.25) is 14.7 Å². The molecule has 1 aromatic heterocycles. The van der Waals surface area contributed by atoms with Crippen LogP contribution in [0, 0.1) is 13.8 Å². The first-order valence-corrected chi connectivity index (χ1v) is 16.4. The van der Waals surface area contributed by atoms with Gasteiger partial charge in [-0.15, -0.1) is 11.8 Å². The number of cyclic esters (lactones) is 1. The van der Waals surface area contributed by atoms with Crippen LogP contribution in [0.5, 0.6) is 5.75 Å². The van der Waals surface area contributed by atoms with Gasteiger partial charge < -0.3 is 9.47 Å². The number of Topliss-reactive ketones (excluding diaryl/α,β-unsaturated/α-hetero) is 1. The summed E-state index contributed by atoms with van der Waals surface area (Å²) in [4.78, 5) is 36.8. The number of amides is 1. The number of rotatable bonds is 8. The van der Waals surface area contributed by atoms with Crippen molar-refractivity contribution in [1.29, 1.82) is 0 Å². The van der Waals surface area contributed by atoms with Crippen LogP contribution in [0.1, 0.15) is 70.6 Å². The number of halogens is 3. The Morgan fingerprint density at radius 2 is 1.85 bits per heavy atom. The first-order valence-electron chi connectivity index (χ1n) is 15.2. The Hall–Kier alpha value is -4.38. The van der Waals surface area contributed by atoms with E-state index in [2.05, 4.69) is 0 Å². The number of hydrogen-bond acceptors (Lipinski definition) is 7. The summed E-state index contributed by atoms with van der Waals surface area (Å²) >= 11 is 1.41. The zero-order valence-electron chi connectivity index (χ0n) is 26.7. The molecular weight excluding hydrogens is 627 g/mol. The van der Waals surface area contributed by atoms with Crippen LogP contribution < -0.4 is 4.74 Å². The molecule has 11 heteroatoms. The molecule has 2 fully saturated rings. The van der Waals surface area contributed by atoms with Crippen molar-refractivity contribution in [3.63, 3.8) is 0 Å². The van der Waals surface area contributed by atoms with Gasteiger partial charge in [-0.05, 0) is 98.9 Å². The number of methoxy groups -OCH3 is 1. The number of alkyl halides is 3. The highest BCUT2D eigenvalue weighted by Gasteiger charge is 2.59. The molecule has 0 N–H and O–H groups in total. The molecule has 47 heavy (non-hydrogen) atoms. The Balaban J connectivity index is 1.42. The predicted molar refractivity (Wildman–Crippen MR) is 174 cm³/mol. The van der Waals surface area contributed by atoms with E-state index in [4.69, 9.17) is 19.4 Å². The minimum Gasteiger partial charge on any atom is -0.496 e. The maximum absolute atomic E-state index is 13.8. The van der Waals surface area contributed by atoms with Crippen LogP contribution in [0.15, 0.2) is 65.8 Å². The van der Waals surface area contributed by atoms with Crippen LogP contribution in [0.3, 0.4) is 0 Å². The molecule has 0 unspecified atom stereocenters. The summed E-state index contributed by atoms with van der Waals surface area (Å²) in [7, 11) is 1.57. The van der Waals surface area contributed by atoms with Gasteiger partial charge in [-0.1, -0.05) is 29.8 Å². The maximum atomic E-state index is 13.8. The third-order valence-electron chi connectivity index (χ3n) is 9.15. The molecule has 2 aliphatic rings. The summed E-state index contributed by atoms with van der Waals surface area (Å²) in [5.74, 6) is 0.540. The summed E-state index contributed by atoms with van der Waals surface area (Å²) in [5, 5.41) is 0.648. The van der Waals surface area contributed by atoms with Crippen LogP contribution >= 0.6 is 11.8 Å². The largest absolute Gasteiger partial charge is 0.496 e. The molecule has 3 aromatic carbocycles. The molecule has 7 nitrogen and oxygen atoms in total. The molecule has 1 saturated carbocycles. The van der Waals surface area contributed by atoms with Gasteiger partial charge in [0.05, 0.1) is 42.3 Å². The molecule has 1 atom stereocenters. The quantitative estimate of drug-likeness (QED) is 0.138. The summed E-state index contributed by atoms with van der Waals surface area (Å²) in [6.07, 6.45) is -0.472. The number of aromatic nitrogens is 2. The summed E-state index contributed by atoms with van der Waals surface area (Å²) in [5.41, 5.74) is 4.25. The average Bonchev–Trinajstić information content (AvgIpc) is 3.32. The Kier molecular flexibility index (Phi) is 8.54. The molecule has 244 valence electrons. The molecule has 4 aromatic rings. The summed E-state index contributed by atoms with van der Waals surface area (Å²) in [6.45, 7) is 5.13. The van der Waals surface area contributed by atoms with Gasteiger partial charge in [0.1, 0.15) is 10.8 Å². The smallest absolute Gasteiger partial charge is 0.416 e. The number of ether oxygens (including phenoxy) is 2. The summed E-state index contributed by atoms with van der Waals surface area (Å²) in [6, 6.07) is 15.2. The maximum Gasteiger partial charge on any atom is 0.416 e. The Labute approximate surface area is 275 Å². The normalized spacial score (nSPS) is 17.1. The molecule has 0 bridgehead atoms. The van der Waals surface area contributed by atoms with Crippen molar-refractivity contribution in [2.45, 2.75) is 69.4 Å². The lowest BCUT2D eigenvalue weighted by Crippen LogP contribution is -2.53. The zero-order valence-corrected chi connectivity index (χ0v) is 27.5.